The standard InChI is InChI=1S/C29H43N5O5S/c1-28(2,3)39-27(35)33-18-8-10-19(11-9-18)38-22-13-12-20-21(25(22)34(6)14-15-40(7,36)37)16-29(4,5)23-24(20)31-17-32-26(23)30/h12-13,17-19H,8-11,14-16H2,1-7H3,(H,33,35)(H2,30,31,32). The molecular formula is C29H43N5O5S. The Morgan fingerprint density at radius 3 is 2.48 bits per heavy atom. The summed E-state index contributed by atoms with van der Waals surface area (Å²) in [4.78, 5) is 23.1. The van der Waals surface area contributed by atoms with Crippen LogP contribution in [0.4, 0.5) is 16.3 Å². The molecule has 10 nitrogen and oxygen atoms in total. The SMILES string of the molecule is CN(CCS(C)(=O)=O)c1c(OC2CCC(NC(=O)OC(C)(C)C)CC2)ccc2c1CC(C)(C)c1c(N)ncnc1-2. The van der Waals surface area contributed by atoms with Gasteiger partial charge in [0.15, 0.2) is 0 Å². The van der Waals surface area contributed by atoms with Crippen molar-refractivity contribution in [2.24, 2.45) is 0 Å². The van der Waals surface area contributed by atoms with E-state index >= 15 is 0 Å². The van der Waals surface area contributed by atoms with E-state index in [2.05, 4.69) is 29.1 Å². The van der Waals surface area contributed by atoms with Crippen molar-refractivity contribution in [3.05, 3.63) is 29.6 Å². The van der Waals surface area contributed by atoms with Crippen molar-refractivity contribution < 1.29 is 22.7 Å². The fraction of sp³-hybridized carbons (Fsp3) is 0.621. The average molecular weight is 574 g/mol. The molecule has 0 spiro atoms. The van der Waals surface area contributed by atoms with E-state index in [4.69, 9.17) is 15.2 Å². The third-order valence-corrected chi connectivity index (χ3v) is 8.47. The summed E-state index contributed by atoms with van der Waals surface area (Å²) < 4.78 is 36.1. The topological polar surface area (TPSA) is 137 Å². The maximum absolute atomic E-state index is 12.2. The Kier molecular flexibility index (Phi) is 8.27. The molecule has 0 saturated heterocycles. The van der Waals surface area contributed by atoms with Crippen LogP contribution in [-0.2, 0) is 26.4 Å². The number of anilines is 2. The van der Waals surface area contributed by atoms with Gasteiger partial charge >= 0.3 is 6.09 Å². The average Bonchev–Trinajstić information content (AvgIpc) is 2.81. The lowest BCUT2D eigenvalue weighted by Crippen LogP contribution is -2.42. The Morgan fingerprint density at radius 1 is 1.18 bits per heavy atom. The number of fused-ring (bicyclic) bond motifs is 3. The molecule has 4 rings (SSSR count). The van der Waals surface area contributed by atoms with Crippen LogP contribution >= 0.6 is 0 Å². The molecule has 2 aromatic rings. The van der Waals surface area contributed by atoms with Crippen molar-refractivity contribution in [2.45, 2.75) is 89.9 Å². The molecule has 11 heteroatoms. The maximum atomic E-state index is 12.2. The van der Waals surface area contributed by atoms with E-state index in [0.29, 0.717) is 18.8 Å². The summed E-state index contributed by atoms with van der Waals surface area (Å²) in [6, 6.07) is 4.02. The fourth-order valence-corrected chi connectivity index (χ4v) is 6.33. The molecule has 1 fully saturated rings. The van der Waals surface area contributed by atoms with E-state index in [1.807, 2.05) is 44.9 Å². The predicted molar refractivity (Wildman–Crippen MR) is 158 cm³/mol. The minimum absolute atomic E-state index is 0.0290. The van der Waals surface area contributed by atoms with Gasteiger partial charge in [0.05, 0.1) is 23.2 Å². The number of nitrogens with zero attached hydrogens (tertiary/aromatic N) is 3. The zero-order valence-electron chi connectivity index (χ0n) is 24.7. The van der Waals surface area contributed by atoms with Gasteiger partial charge in [-0.3, -0.25) is 0 Å². The maximum Gasteiger partial charge on any atom is 0.407 e. The molecule has 0 aliphatic heterocycles. The van der Waals surface area contributed by atoms with E-state index < -0.39 is 21.5 Å². The lowest BCUT2D eigenvalue weighted by Gasteiger charge is -2.38. The minimum atomic E-state index is -3.16. The number of rotatable bonds is 7. The molecule has 2 aliphatic rings. The van der Waals surface area contributed by atoms with Crippen molar-refractivity contribution in [2.75, 3.05) is 36.2 Å². The van der Waals surface area contributed by atoms with Gasteiger partial charge in [-0.1, -0.05) is 13.8 Å². The third kappa shape index (κ3) is 6.97. The first-order valence-corrected chi connectivity index (χ1v) is 15.9. The van der Waals surface area contributed by atoms with Crippen LogP contribution in [0.3, 0.4) is 0 Å². The number of aromatic nitrogens is 2. The summed E-state index contributed by atoms with van der Waals surface area (Å²) in [5, 5.41) is 2.98. The van der Waals surface area contributed by atoms with Crippen molar-refractivity contribution in [3.63, 3.8) is 0 Å². The molecule has 0 radical (unpaired) electrons. The zero-order valence-corrected chi connectivity index (χ0v) is 25.5. The van der Waals surface area contributed by atoms with Crippen molar-refractivity contribution in [1.29, 1.82) is 0 Å². The predicted octanol–water partition coefficient (Wildman–Crippen LogP) is 4.26. The second kappa shape index (κ2) is 11.1. The number of hydrogen-bond donors (Lipinski definition) is 2. The van der Waals surface area contributed by atoms with Crippen LogP contribution in [0.5, 0.6) is 5.75 Å². The summed E-state index contributed by atoms with van der Waals surface area (Å²) in [5.41, 5.74) is 10.1. The molecule has 220 valence electrons. The second-order valence-electron chi connectivity index (χ2n) is 12.8. The number of nitrogens with two attached hydrogens (primary N) is 1. The molecule has 1 amide bonds. The number of carbonyl (C=O) groups excluding carboxylic acids is 1. The van der Waals surface area contributed by atoms with Gasteiger partial charge in [0, 0.05) is 37.0 Å². The van der Waals surface area contributed by atoms with Crippen molar-refractivity contribution in [1.82, 2.24) is 15.3 Å². The lowest BCUT2D eigenvalue weighted by molar-refractivity contribution is 0.0471. The van der Waals surface area contributed by atoms with Gasteiger partial charge in [-0.15, -0.1) is 0 Å². The van der Waals surface area contributed by atoms with Crippen LogP contribution in [0.2, 0.25) is 0 Å². The zero-order chi connectivity index (χ0) is 29.5. The molecule has 40 heavy (non-hydrogen) atoms. The molecule has 1 aromatic carbocycles. The number of ether oxygens (including phenoxy) is 2. The summed E-state index contributed by atoms with van der Waals surface area (Å²) in [6.07, 6.45) is 6.11. The number of benzene rings is 1. The highest BCUT2D eigenvalue weighted by Crippen LogP contribution is 2.49. The number of hydrogen-bond acceptors (Lipinski definition) is 9. The molecular weight excluding hydrogens is 530 g/mol. The van der Waals surface area contributed by atoms with E-state index in [0.717, 1.165) is 59.5 Å². The molecule has 2 aliphatic carbocycles. The molecule has 1 saturated carbocycles. The van der Waals surface area contributed by atoms with Crippen LogP contribution in [0.1, 0.15) is 71.4 Å². The molecule has 0 bridgehead atoms. The monoisotopic (exact) mass is 573 g/mol. The first-order chi connectivity index (χ1) is 18.5. The second-order valence-corrected chi connectivity index (χ2v) is 15.0. The highest BCUT2D eigenvalue weighted by Gasteiger charge is 2.37. The Labute approximate surface area is 238 Å². The van der Waals surface area contributed by atoms with Gasteiger partial charge < -0.3 is 25.4 Å². The molecule has 0 atom stereocenters. The third-order valence-electron chi connectivity index (χ3n) is 7.54. The van der Waals surface area contributed by atoms with E-state index in [1.54, 1.807) is 0 Å². The van der Waals surface area contributed by atoms with Gasteiger partial charge in [0.25, 0.3) is 0 Å². The quantitative estimate of drug-likeness (QED) is 0.498. The molecule has 0 unspecified atom stereocenters. The number of carbonyl (C=O) groups is 1. The summed E-state index contributed by atoms with van der Waals surface area (Å²) in [5.74, 6) is 1.23. The Hall–Kier alpha value is -3.08. The van der Waals surface area contributed by atoms with Gasteiger partial charge in [-0.05, 0) is 76.0 Å². The minimum Gasteiger partial charge on any atom is -0.488 e. The van der Waals surface area contributed by atoms with E-state index in [1.165, 1.54) is 12.6 Å². The molecule has 1 aromatic heterocycles. The van der Waals surface area contributed by atoms with Crippen LogP contribution in [0.15, 0.2) is 18.5 Å². The fourth-order valence-electron chi connectivity index (χ4n) is 5.72. The highest BCUT2D eigenvalue weighted by atomic mass is 32.2. The number of alkyl carbamates (subject to hydrolysis) is 1. The van der Waals surface area contributed by atoms with Crippen LogP contribution in [0, 0.1) is 0 Å². The van der Waals surface area contributed by atoms with Crippen molar-refractivity contribution >= 4 is 27.4 Å². The number of nitrogens with one attached hydrogen (secondary N) is 1. The lowest BCUT2D eigenvalue weighted by atomic mass is 9.71. The van der Waals surface area contributed by atoms with Crippen LogP contribution < -0.4 is 20.7 Å². The molecule has 1 heterocycles. The first-order valence-electron chi connectivity index (χ1n) is 13.9. The summed E-state index contributed by atoms with van der Waals surface area (Å²) >= 11 is 0. The largest absolute Gasteiger partial charge is 0.488 e. The Morgan fingerprint density at radius 2 is 1.85 bits per heavy atom. The van der Waals surface area contributed by atoms with Gasteiger partial charge in [-0.2, -0.15) is 0 Å². The van der Waals surface area contributed by atoms with Gasteiger partial charge in [0.1, 0.15) is 33.3 Å². The van der Waals surface area contributed by atoms with Gasteiger partial charge in [0.2, 0.25) is 0 Å². The van der Waals surface area contributed by atoms with Crippen molar-refractivity contribution in [3.8, 4) is 17.0 Å². The van der Waals surface area contributed by atoms with E-state index in [-0.39, 0.29) is 23.3 Å². The first kappa shape index (κ1) is 29.9. The van der Waals surface area contributed by atoms with Crippen LogP contribution in [0.25, 0.3) is 11.3 Å². The Balaban J connectivity index is 1.61. The number of amides is 1. The summed E-state index contributed by atoms with van der Waals surface area (Å²) in [6.45, 7) is 10.1. The van der Waals surface area contributed by atoms with Gasteiger partial charge in [-0.25, -0.2) is 23.2 Å². The van der Waals surface area contributed by atoms with Crippen LogP contribution in [-0.4, -0.2) is 67.8 Å². The molecule has 3 N–H and O–H groups in total. The summed E-state index contributed by atoms with van der Waals surface area (Å²) in [7, 11) is -1.25. The number of sulfone groups is 1. The normalized spacial score (nSPS) is 20.2. The number of nitrogen functional groups attached to an aromatic ring is 1. The van der Waals surface area contributed by atoms with E-state index in [9.17, 15) is 13.2 Å². The smallest absolute Gasteiger partial charge is 0.407 e. The highest BCUT2D eigenvalue weighted by molar-refractivity contribution is 7.90. The Bertz CT molecular complexity index is 1360.